The van der Waals surface area contributed by atoms with E-state index in [1.54, 1.807) is 6.07 Å². The van der Waals surface area contributed by atoms with Crippen LogP contribution in [-0.4, -0.2) is 16.7 Å². The third-order valence-corrected chi connectivity index (χ3v) is 4.56. The normalized spacial score (nSPS) is 19.4. The largest absolute Gasteiger partial charge is 0.399 e. The maximum atomic E-state index is 12.7. The van der Waals surface area contributed by atoms with Crippen molar-refractivity contribution in [2.75, 3.05) is 5.73 Å². The highest BCUT2D eigenvalue weighted by molar-refractivity contribution is 6.06. The van der Waals surface area contributed by atoms with E-state index in [-0.39, 0.29) is 17.9 Å². The van der Waals surface area contributed by atoms with Crippen LogP contribution in [0.3, 0.4) is 0 Å². The Bertz CT molecular complexity index is 535. The van der Waals surface area contributed by atoms with E-state index in [1.165, 1.54) is 4.90 Å². The number of anilines is 1. The molecule has 1 unspecified atom stereocenters. The van der Waals surface area contributed by atoms with E-state index in [4.69, 9.17) is 5.73 Å². The van der Waals surface area contributed by atoms with Gasteiger partial charge in [-0.15, -0.1) is 0 Å². The van der Waals surface area contributed by atoms with Gasteiger partial charge in [-0.2, -0.15) is 0 Å². The van der Waals surface area contributed by atoms with Crippen LogP contribution in [0.25, 0.3) is 0 Å². The van der Waals surface area contributed by atoms with Crippen LogP contribution in [0.1, 0.15) is 51.6 Å². The Hall–Kier alpha value is -1.84. The number of nitrogens with zero attached hydrogens (tertiary/aromatic N) is 1. The quantitative estimate of drug-likeness (QED) is 0.678. The average molecular weight is 274 g/mol. The second-order valence-corrected chi connectivity index (χ2v) is 5.58. The Morgan fingerprint density at radius 2 is 1.95 bits per heavy atom. The van der Waals surface area contributed by atoms with Crippen LogP contribution in [-0.2, 0) is 9.59 Å². The van der Waals surface area contributed by atoms with Gasteiger partial charge >= 0.3 is 0 Å². The number of hydrogen-bond acceptors (Lipinski definition) is 3. The predicted molar refractivity (Wildman–Crippen MR) is 78.8 cm³/mol. The SMILES string of the molecule is CCC1(CC)CC(=O)N(C(C)c2cccc(N)c2)C1=O. The number of carbonyl (C=O) groups is 2. The van der Waals surface area contributed by atoms with E-state index in [9.17, 15) is 9.59 Å². The summed E-state index contributed by atoms with van der Waals surface area (Å²) in [6, 6.07) is 7.10. The van der Waals surface area contributed by atoms with Crippen LogP contribution >= 0.6 is 0 Å². The molecule has 1 aromatic rings. The molecule has 4 heteroatoms. The van der Waals surface area contributed by atoms with E-state index in [2.05, 4.69) is 0 Å². The molecular formula is C16H22N2O2. The molecule has 2 N–H and O–H groups in total. The summed E-state index contributed by atoms with van der Waals surface area (Å²) >= 11 is 0. The van der Waals surface area contributed by atoms with Crippen molar-refractivity contribution >= 4 is 17.5 Å². The van der Waals surface area contributed by atoms with Crippen molar-refractivity contribution in [1.29, 1.82) is 0 Å². The predicted octanol–water partition coefficient (Wildman–Crippen LogP) is 2.90. The molecule has 0 saturated carbocycles. The number of nitrogen functional groups attached to an aromatic ring is 1. The molecule has 1 fully saturated rings. The van der Waals surface area contributed by atoms with Crippen LogP contribution in [0.5, 0.6) is 0 Å². The fourth-order valence-electron chi connectivity index (χ4n) is 2.98. The van der Waals surface area contributed by atoms with Crippen molar-refractivity contribution in [1.82, 2.24) is 4.90 Å². The molecule has 1 aliphatic heterocycles. The van der Waals surface area contributed by atoms with Gasteiger partial charge < -0.3 is 5.73 Å². The number of nitrogens with two attached hydrogens (primary N) is 1. The number of carbonyl (C=O) groups excluding carboxylic acids is 2. The van der Waals surface area contributed by atoms with Crippen molar-refractivity contribution in [3.63, 3.8) is 0 Å². The number of amides is 2. The summed E-state index contributed by atoms with van der Waals surface area (Å²) in [5.41, 5.74) is 6.82. The van der Waals surface area contributed by atoms with Crippen LogP contribution < -0.4 is 5.73 Å². The molecule has 20 heavy (non-hydrogen) atoms. The van der Waals surface area contributed by atoms with Gasteiger partial charge in [0.2, 0.25) is 11.8 Å². The molecule has 0 spiro atoms. The molecular weight excluding hydrogens is 252 g/mol. The van der Waals surface area contributed by atoms with Gasteiger partial charge in [-0.05, 0) is 37.5 Å². The summed E-state index contributed by atoms with van der Waals surface area (Å²) in [5, 5.41) is 0. The first-order valence-corrected chi connectivity index (χ1v) is 7.17. The maximum absolute atomic E-state index is 12.7. The highest BCUT2D eigenvalue weighted by Crippen LogP contribution is 2.42. The smallest absolute Gasteiger partial charge is 0.236 e. The van der Waals surface area contributed by atoms with Crippen molar-refractivity contribution in [2.45, 2.75) is 46.1 Å². The van der Waals surface area contributed by atoms with Crippen molar-refractivity contribution in [3.8, 4) is 0 Å². The minimum absolute atomic E-state index is 0.0394. The summed E-state index contributed by atoms with van der Waals surface area (Å²) in [6.45, 7) is 5.83. The molecule has 1 heterocycles. The Morgan fingerprint density at radius 3 is 2.45 bits per heavy atom. The van der Waals surface area contributed by atoms with Gasteiger partial charge in [-0.3, -0.25) is 14.5 Å². The third kappa shape index (κ3) is 2.19. The van der Waals surface area contributed by atoms with Crippen LogP contribution in [0.2, 0.25) is 0 Å². The highest BCUT2D eigenvalue weighted by atomic mass is 16.2. The molecule has 0 bridgehead atoms. The maximum Gasteiger partial charge on any atom is 0.236 e. The lowest BCUT2D eigenvalue weighted by Crippen LogP contribution is -2.37. The molecule has 0 aliphatic carbocycles. The Labute approximate surface area is 119 Å². The molecule has 1 aliphatic rings. The van der Waals surface area contributed by atoms with Gasteiger partial charge in [-0.1, -0.05) is 26.0 Å². The molecule has 2 rings (SSSR count). The van der Waals surface area contributed by atoms with E-state index in [1.807, 2.05) is 39.0 Å². The number of hydrogen-bond donors (Lipinski definition) is 1. The van der Waals surface area contributed by atoms with Crippen LogP contribution in [0, 0.1) is 5.41 Å². The fourth-order valence-corrected chi connectivity index (χ4v) is 2.98. The Morgan fingerprint density at radius 1 is 1.30 bits per heavy atom. The summed E-state index contributed by atoms with van der Waals surface area (Å²) in [5.74, 6) is -0.115. The Kier molecular flexibility index (Phi) is 3.84. The Balaban J connectivity index is 2.33. The first kappa shape index (κ1) is 14.6. The van der Waals surface area contributed by atoms with Gasteiger partial charge in [0.15, 0.2) is 0 Å². The highest BCUT2D eigenvalue weighted by Gasteiger charge is 2.50. The van der Waals surface area contributed by atoms with E-state index in [0.29, 0.717) is 24.9 Å². The fraction of sp³-hybridized carbons (Fsp3) is 0.500. The van der Waals surface area contributed by atoms with E-state index >= 15 is 0 Å². The lowest BCUT2D eigenvalue weighted by atomic mass is 9.81. The summed E-state index contributed by atoms with van der Waals surface area (Å²) in [6.07, 6.45) is 1.73. The molecule has 108 valence electrons. The second-order valence-electron chi connectivity index (χ2n) is 5.58. The lowest BCUT2D eigenvalue weighted by Gasteiger charge is -2.27. The van der Waals surface area contributed by atoms with E-state index in [0.717, 1.165) is 5.56 Å². The lowest BCUT2D eigenvalue weighted by molar-refractivity contribution is -0.144. The van der Waals surface area contributed by atoms with Crippen molar-refractivity contribution in [3.05, 3.63) is 29.8 Å². The van der Waals surface area contributed by atoms with Crippen LogP contribution in [0.15, 0.2) is 24.3 Å². The third-order valence-electron chi connectivity index (χ3n) is 4.56. The zero-order valence-electron chi connectivity index (χ0n) is 12.3. The van der Waals surface area contributed by atoms with E-state index < -0.39 is 5.41 Å². The van der Waals surface area contributed by atoms with Gasteiger partial charge in [0.05, 0.1) is 11.5 Å². The topological polar surface area (TPSA) is 63.4 Å². The molecule has 0 aromatic heterocycles. The first-order valence-electron chi connectivity index (χ1n) is 7.17. The number of rotatable bonds is 4. The van der Waals surface area contributed by atoms with Crippen LogP contribution in [0.4, 0.5) is 5.69 Å². The molecule has 2 amide bonds. The zero-order valence-corrected chi connectivity index (χ0v) is 12.3. The second kappa shape index (κ2) is 5.27. The summed E-state index contributed by atoms with van der Waals surface area (Å²) < 4.78 is 0. The van der Waals surface area contributed by atoms with Crippen molar-refractivity contribution in [2.24, 2.45) is 5.41 Å². The summed E-state index contributed by atoms with van der Waals surface area (Å²) in [7, 11) is 0. The standard InChI is InChI=1S/C16H22N2O2/c1-4-16(5-2)10-14(19)18(15(16)20)11(3)12-7-6-8-13(17)9-12/h6-9,11H,4-5,10,17H2,1-3H3. The minimum atomic E-state index is -0.508. The minimum Gasteiger partial charge on any atom is -0.399 e. The molecule has 1 atom stereocenters. The molecule has 4 nitrogen and oxygen atoms in total. The first-order chi connectivity index (χ1) is 9.45. The number of benzene rings is 1. The molecule has 1 aromatic carbocycles. The number of imide groups is 1. The molecule has 1 saturated heterocycles. The van der Waals surface area contributed by atoms with Gasteiger partial charge in [0.1, 0.15) is 0 Å². The molecule has 0 radical (unpaired) electrons. The number of likely N-dealkylation sites (tertiary alicyclic amines) is 1. The monoisotopic (exact) mass is 274 g/mol. The zero-order chi connectivity index (χ0) is 14.9. The van der Waals surface area contributed by atoms with Crippen molar-refractivity contribution < 1.29 is 9.59 Å². The van der Waals surface area contributed by atoms with Gasteiger partial charge in [0, 0.05) is 12.1 Å². The average Bonchev–Trinajstić information content (AvgIpc) is 2.69. The van der Waals surface area contributed by atoms with Gasteiger partial charge in [0.25, 0.3) is 0 Å². The van der Waals surface area contributed by atoms with Gasteiger partial charge in [-0.25, -0.2) is 0 Å². The summed E-state index contributed by atoms with van der Waals surface area (Å²) in [4.78, 5) is 26.4.